The second-order valence-corrected chi connectivity index (χ2v) is 8.05. The molecule has 0 saturated carbocycles. The molecular weight excluding hydrogens is 442 g/mol. The predicted octanol–water partition coefficient (Wildman–Crippen LogP) is -0.321. The van der Waals surface area contributed by atoms with Gasteiger partial charge in [-0.15, -0.1) is 0 Å². The summed E-state index contributed by atoms with van der Waals surface area (Å²) < 4.78 is 72.4. The molecule has 1 aromatic heterocycles. The van der Waals surface area contributed by atoms with Crippen LogP contribution in [0.5, 0.6) is 5.75 Å². The number of rotatable bonds is 5. The number of phosphoric acid groups is 1. The fourth-order valence-electron chi connectivity index (χ4n) is 2.84. The number of aromatic amines is 1. The number of nitrogens with one attached hydrogen (secondary N) is 1. The summed E-state index contributed by atoms with van der Waals surface area (Å²) in [5.41, 5.74) is -2.50. The Balaban J connectivity index is 1.69. The molecule has 2 aliphatic rings. The summed E-state index contributed by atoms with van der Waals surface area (Å²) in [7, 11) is -4.85. The molecule has 2 aromatic rings. The number of alkyl halides is 1. The highest BCUT2D eigenvalue weighted by atomic mass is 31.2. The van der Waals surface area contributed by atoms with Gasteiger partial charge in [0.1, 0.15) is 24.5 Å². The van der Waals surface area contributed by atoms with E-state index in [1.54, 1.807) is 17.1 Å². The minimum Gasteiger partial charge on any atom is -0.404 e. The van der Waals surface area contributed by atoms with Gasteiger partial charge in [-0.3, -0.25) is 23.4 Å². The third-order valence-electron chi connectivity index (χ3n) is 4.47. The van der Waals surface area contributed by atoms with Crippen LogP contribution in [0.15, 0.2) is 40.1 Å². The molecule has 1 saturated heterocycles. The van der Waals surface area contributed by atoms with E-state index in [1.807, 2.05) is 0 Å². The van der Waals surface area contributed by atoms with Gasteiger partial charge in [-0.2, -0.15) is 0 Å². The normalized spacial score (nSPS) is 36.7. The smallest absolute Gasteiger partial charge is 0.404 e. The van der Waals surface area contributed by atoms with Gasteiger partial charge in [0.2, 0.25) is 0 Å². The van der Waals surface area contributed by atoms with Crippen LogP contribution in [0, 0.1) is 0 Å². The maximum Gasteiger partial charge on any atom is 0.530 e. The van der Waals surface area contributed by atoms with Crippen LogP contribution >= 0.6 is 7.82 Å². The molecule has 4 rings (SSSR count). The van der Waals surface area contributed by atoms with Crippen LogP contribution in [-0.4, -0.2) is 49.5 Å². The molecule has 1 aromatic carbocycles. The Morgan fingerprint density at radius 2 is 2.16 bits per heavy atom. The maximum absolute atomic E-state index is 15.8. The highest BCUT2D eigenvalue weighted by Crippen LogP contribution is 2.55. The van der Waals surface area contributed by atoms with E-state index < -0.39 is 62.1 Å². The Morgan fingerprint density at radius 3 is 2.90 bits per heavy atom. The molecule has 4 N–H and O–H groups in total. The molecule has 5 atom stereocenters. The van der Waals surface area contributed by atoms with Crippen LogP contribution < -0.4 is 15.8 Å². The number of nitrogens with zero attached hydrogens (tertiary/aromatic N) is 1. The molecule has 1 unspecified atom stereocenters. The number of aliphatic hydroxyl groups is 3. The van der Waals surface area contributed by atoms with Gasteiger partial charge in [0.05, 0.1) is 22.9 Å². The molecule has 1 fully saturated rings. The van der Waals surface area contributed by atoms with E-state index in [0.29, 0.717) is 11.8 Å². The molecule has 12 nitrogen and oxygen atoms in total. The zero-order valence-electron chi connectivity index (χ0n) is 18.4. The Morgan fingerprint density at radius 1 is 1.42 bits per heavy atom. The zero-order valence-corrected chi connectivity index (χ0v) is 16.3. The number of H-pyrrole nitrogens is 1. The van der Waals surface area contributed by atoms with Crippen molar-refractivity contribution in [2.75, 3.05) is 6.56 Å². The molecule has 0 aliphatic carbocycles. The van der Waals surface area contributed by atoms with Crippen molar-refractivity contribution in [3.05, 3.63) is 62.4 Å². The average Bonchev–Trinajstić information content (AvgIpc) is 2.94. The predicted molar refractivity (Wildman–Crippen MR) is 98.6 cm³/mol. The second-order valence-electron chi connectivity index (χ2n) is 6.53. The monoisotopic (exact) mass is 463 g/mol. The average molecular weight is 463 g/mol. The summed E-state index contributed by atoms with van der Waals surface area (Å²) in [6.45, 7) is -5.16. The van der Waals surface area contributed by atoms with Gasteiger partial charge in [0.15, 0.2) is 6.20 Å². The Kier molecular flexibility index (Phi) is 4.67. The molecule has 2 aliphatic heterocycles. The van der Waals surface area contributed by atoms with Crippen molar-refractivity contribution in [3.8, 4) is 5.75 Å². The van der Waals surface area contributed by atoms with E-state index in [2.05, 4.69) is 4.52 Å². The van der Waals surface area contributed by atoms with Gasteiger partial charge in [-0.25, -0.2) is 13.8 Å². The molecule has 0 bridgehead atoms. The number of hydrogen-bond donors (Lipinski definition) is 4. The Bertz CT molecular complexity index is 1290. The molecule has 14 heteroatoms. The van der Waals surface area contributed by atoms with Crippen molar-refractivity contribution in [1.82, 2.24) is 9.55 Å². The highest BCUT2D eigenvalue weighted by Gasteiger charge is 2.57. The van der Waals surface area contributed by atoms with E-state index in [4.69, 9.17) is 17.9 Å². The number of benzene rings is 1. The first-order chi connectivity index (χ1) is 15.8. The lowest BCUT2D eigenvalue weighted by Crippen LogP contribution is -2.43. The SMILES string of the molecule is [2H]C([2H])(OP1(=O)OCc2ccccc2O1)[C@@]1(F)O[C@@]([2H])(n2cc(CO)c(=O)[nH]c2=O)[C@H](O)[C@@H]1O. The van der Waals surface area contributed by atoms with Gasteiger partial charge >= 0.3 is 13.5 Å². The van der Waals surface area contributed by atoms with Gasteiger partial charge in [-0.05, 0) is 6.07 Å². The summed E-state index contributed by atoms with van der Waals surface area (Å²) in [4.78, 5) is 25.6. The van der Waals surface area contributed by atoms with Crippen molar-refractivity contribution in [1.29, 1.82) is 0 Å². The summed E-state index contributed by atoms with van der Waals surface area (Å²) in [5.74, 6) is -4.11. The summed E-state index contributed by atoms with van der Waals surface area (Å²) >= 11 is 0. The lowest BCUT2D eigenvalue weighted by Gasteiger charge is -2.28. The van der Waals surface area contributed by atoms with Gasteiger partial charge in [0.25, 0.3) is 11.4 Å². The van der Waals surface area contributed by atoms with Crippen LogP contribution in [0.25, 0.3) is 0 Å². The maximum atomic E-state index is 15.8. The van der Waals surface area contributed by atoms with Crippen molar-refractivity contribution >= 4 is 7.82 Å². The third-order valence-corrected chi connectivity index (χ3v) is 5.65. The van der Waals surface area contributed by atoms with E-state index >= 15 is 4.39 Å². The minimum atomic E-state index is -4.85. The topological polar surface area (TPSA) is 170 Å². The largest absolute Gasteiger partial charge is 0.530 e. The van der Waals surface area contributed by atoms with E-state index in [0.717, 1.165) is 0 Å². The zero-order chi connectivity index (χ0) is 25.1. The van der Waals surface area contributed by atoms with E-state index in [9.17, 15) is 29.5 Å². The summed E-state index contributed by atoms with van der Waals surface area (Å²) in [6, 6.07) is 6.06. The van der Waals surface area contributed by atoms with Crippen LogP contribution in [-0.2, 0) is 31.6 Å². The highest BCUT2D eigenvalue weighted by molar-refractivity contribution is 7.49. The summed E-state index contributed by atoms with van der Waals surface area (Å²) in [6.07, 6.45) is -8.20. The van der Waals surface area contributed by atoms with Crippen LogP contribution in [0.1, 0.15) is 21.4 Å². The van der Waals surface area contributed by atoms with Gasteiger partial charge < -0.3 is 24.6 Å². The molecular formula is C17H18FN2O10P. The van der Waals surface area contributed by atoms with Crippen LogP contribution in [0.4, 0.5) is 4.39 Å². The van der Waals surface area contributed by atoms with Gasteiger partial charge in [0, 0.05) is 11.8 Å². The van der Waals surface area contributed by atoms with Crippen molar-refractivity contribution in [2.45, 2.75) is 37.5 Å². The number of ether oxygens (including phenoxy) is 1. The standard InChI is InChI=1S/C17H18FN2O10P/c18-17(8-28-31(26)27-7-9-3-1-2-4-11(9)30-31)13(23)12(22)15(29-17)20-5-10(6-21)14(24)19-16(20)25/h1-5,12-13,15,21-23H,6-8H2,(H,19,24,25)/t12-,13+,15-,17-,31?/m1/s1/i8D2,15D. The summed E-state index contributed by atoms with van der Waals surface area (Å²) in [5, 5.41) is 29.9. The number of hydrogen-bond acceptors (Lipinski definition) is 10. The molecule has 31 heavy (non-hydrogen) atoms. The number of fused-ring (bicyclic) bond motifs is 1. The fraction of sp³-hybridized carbons (Fsp3) is 0.412. The van der Waals surface area contributed by atoms with Crippen molar-refractivity contribution in [3.63, 3.8) is 0 Å². The first kappa shape index (κ1) is 18.2. The number of halogens is 1. The van der Waals surface area contributed by atoms with Gasteiger partial charge in [-0.1, -0.05) is 18.2 Å². The number of para-hydroxylation sites is 1. The quantitative estimate of drug-likeness (QED) is 0.431. The second kappa shape index (κ2) is 7.95. The first-order valence-corrected chi connectivity index (χ1v) is 10.2. The number of aromatic nitrogens is 2. The lowest BCUT2D eigenvalue weighted by atomic mass is 10.1. The molecule has 3 heterocycles. The number of aliphatic hydroxyl groups excluding tert-OH is 3. The third kappa shape index (κ3) is 3.96. The van der Waals surface area contributed by atoms with Crippen molar-refractivity contribution < 1.29 is 46.7 Å². The van der Waals surface area contributed by atoms with Crippen LogP contribution in [0.3, 0.4) is 0 Å². The Hall–Kier alpha value is -2.38. The first-order valence-electron chi connectivity index (χ1n) is 10.2. The minimum absolute atomic E-state index is 0.000113. The molecule has 0 radical (unpaired) electrons. The van der Waals surface area contributed by atoms with Crippen molar-refractivity contribution in [2.24, 2.45) is 0 Å². The molecule has 0 amide bonds. The fourth-order valence-corrected chi connectivity index (χ4v) is 3.94. The van der Waals surface area contributed by atoms with Crippen LogP contribution in [0.2, 0.25) is 0 Å². The molecule has 0 spiro atoms. The lowest BCUT2D eigenvalue weighted by molar-refractivity contribution is -0.205. The Labute approximate surface area is 177 Å². The molecule has 168 valence electrons. The number of phosphoric ester groups is 1. The van der Waals surface area contributed by atoms with E-state index in [1.165, 1.54) is 12.1 Å². The van der Waals surface area contributed by atoms with E-state index in [-0.39, 0.29) is 16.9 Å².